The maximum atomic E-state index is 12.8. The summed E-state index contributed by atoms with van der Waals surface area (Å²) in [6.07, 6.45) is 3.94. The largest absolute Gasteiger partial charge is 0.481 e. The lowest BCUT2D eigenvalue weighted by Crippen LogP contribution is -2.53. The fourth-order valence-electron chi connectivity index (χ4n) is 3.32. The van der Waals surface area contributed by atoms with Gasteiger partial charge in [-0.3, -0.25) is 9.59 Å². The van der Waals surface area contributed by atoms with Gasteiger partial charge in [0.25, 0.3) is 5.91 Å². The highest BCUT2D eigenvalue weighted by atomic mass is 16.5. The zero-order chi connectivity index (χ0) is 19.2. The van der Waals surface area contributed by atoms with Crippen molar-refractivity contribution in [3.8, 4) is 11.8 Å². The van der Waals surface area contributed by atoms with Crippen LogP contribution < -0.4 is 4.74 Å². The number of nitrogens with zero attached hydrogens (tertiary/aromatic N) is 2. The Bertz CT molecular complexity index is 672. The Morgan fingerprint density at radius 1 is 1.23 bits per heavy atom. The molecule has 0 aromatic heterocycles. The Kier molecular flexibility index (Phi) is 6.62. The van der Waals surface area contributed by atoms with E-state index in [1.807, 2.05) is 0 Å². The molecular weight excluding hydrogens is 332 g/mol. The van der Waals surface area contributed by atoms with E-state index in [2.05, 4.69) is 10.8 Å². The van der Waals surface area contributed by atoms with Crippen LogP contribution in [-0.4, -0.2) is 42.6 Å². The molecule has 0 N–H and O–H groups in total. The maximum Gasteiger partial charge on any atom is 0.309 e. The Hall–Kier alpha value is -2.55. The minimum atomic E-state index is -0.725. The first-order valence-corrected chi connectivity index (χ1v) is 8.93. The van der Waals surface area contributed by atoms with Gasteiger partial charge in [0.15, 0.2) is 6.10 Å². The van der Waals surface area contributed by atoms with Crippen LogP contribution in [0.1, 0.15) is 44.6 Å². The van der Waals surface area contributed by atoms with Crippen molar-refractivity contribution in [2.75, 3.05) is 14.2 Å². The number of likely N-dealkylation sites (N-methyl/N-ethyl adjacent to an activating group) is 1. The smallest absolute Gasteiger partial charge is 0.309 e. The second kappa shape index (κ2) is 8.70. The van der Waals surface area contributed by atoms with Gasteiger partial charge in [-0.05, 0) is 37.5 Å². The molecule has 1 aliphatic carbocycles. The van der Waals surface area contributed by atoms with Crippen molar-refractivity contribution in [1.82, 2.24) is 4.90 Å². The summed E-state index contributed by atoms with van der Waals surface area (Å²) in [4.78, 5) is 25.6. The first kappa shape index (κ1) is 19.8. The van der Waals surface area contributed by atoms with Gasteiger partial charge in [-0.25, -0.2) is 0 Å². The van der Waals surface area contributed by atoms with Crippen molar-refractivity contribution in [2.45, 2.75) is 57.1 Å². The number of hydrogen-bond acceptors (Lipinski definition) is 5. The van der Waals surface area contributed by atoms with Crippen LogP contribution in [0.4, 0.5) is 0 Å². The summed E-state index contributed by atoms with van der Waals surface area (Å²) >= 11 is 0. The van der Waals surface area contributed by atoms with E-state index in [9.17, 15) is 14.9 Å². The molecular formula is C20H26N2O4. The summed E-state index contributed by atoms with van der Waals surface area (Å²) in [6, 6.07) is 9.34. The standard InChI is InChI=1S/C20H26N2O4/c1-15(19(24)22(2)20(14-21)11-5-4-6-12-20)26-17-9-7-16(8-10-17)13-18(23)25-3/h7-10,15H,4-6,11-13H2,1-3H3/t15-/m1/s1. The maximum absolute atomic E-state index is 12.8. The molecule has 0 radical (unpaired) electrons. The second-order valence-electron chi connectivity index (χ2n) is 6.76. The lowest BCUT2D eigenvalue weighted by molar-refractivity contribution is -0.142. The lowest BCUT2D eigenvalue weighted by atomic mass is 9.81. The van der Waals surface area contributed by atoms with Crippen molar-refractivity contribution in [2.24, 2.45) is 0 Å². The first-order chi connectivity index (χ1) is 12.4. The molecule has 6 nitrogen and oxygen atoms in total. The molecule has 0 unspecified atom stereocenters. The number of rotatable bonds is 6. The number of methoxy groups -OCH3 is 1. The van der Waals surface area contributed by atoms with Gasteiger partial charge < -0.3 is 14.4 Å². The van der Waals surface area contributed by atoms with Crippen LogP contribution in [0.15, 0.2) is 24.3 Å². The Morgan fingerprint density at radius 2 is 1.85 bits per heavy atom. The molecule has 1 amide bonds. The van der Waals surface area contributed by atoms with Gasteiger partial charge in [-0.1, -0.05) is 31.4 Å². The monoisotopic (exact) mass is 358 g/mol. The molecule has 1 saturated carbocycles. The van der Waals surface area contributed by atoms with Crippen LogP contribution >= 0.6 is 0 Å². The van der Waals surface area contributed by atoms with Crippen LogP contribution in [0.5, 0.6) is 5.75 Å². The van der Waals surface area contributed by atoms with E-state index >= 15 is 0 Å². The number of benzene rings is 1. The second-order valence-corrected chi connectivity index (χ2v) is 6.76. The molecule has 0 saturated heterocycles. The number of amides is 1. The molecule has 26 heavy (non-hydrogen) atoms. The average Bonchev–Trinajstić information content (AvgIpc) is 2.68. The fourth-order valence-corrected chi connectivity index (χ4v) is 3.32. The Labute approximate surface area is 154 Å². The fraction of sp³-hybridized carbons (Fsp3) is 0.550. The number of nitriles is 1. The highest BCUT2D eigenvalue weighted by Gasteiger charge is 2.40. The van der Waals surface area contributed by atoms with E-state index in [4.69, 9.17) is 4.74 Å². The van der Waals surface area contributed by atoms with Gasteiger partial charge >= 0.3 is 5.97 Å². The van der Waals surface area contributed by atoms with Gasteiger partial charge in [0.1, 0.15) is 11.3 Å². The van der Waals surface area contributed by atoms with E-state index in [0.717, 1.165) is 24.8 Å². The summed E-state index contributed by atoms with van der Waals surface area (Å²) < 4.78 is 10.4. The molecule has 1 aromatic rings. The molecule has 0 spiro atoms. The summed E-state index contributed by atoms with van der Waals surface area (Å²) in [7, 11) is 3.04. The van der Waals surface area contributed by atoms with Crippen LogP contribution in [0.2, 0.25) is 0 Å². The Morgan fingerprint density at radius 3 is 2.38 bits per heavy atom. The third kappa shape index (κ3) is 4.54. The topological polar surface area (TPSA) is 79.6 Å². The Balaban J connectivity index is 2.00. The zero-order valence-corrected chi connectivity index (χ0v) is 15.7. The van der Waals surface area contributed by atoms with Crippen LogP contribution in [0.3, 0.4) is 0 Å². The molecule has 0 aliphatic heterocycles. The molecule has 6 heteroatoms. The number of carbonyl (C=O) groups is 2. The SMILES string of the molecule is COC(=O)Cc1ccc(O[C@H](C)C(=O)N(C)C2(C#N)CCCCC2)cc1. The first-order valence-electron chi connectivity index (χ1n) is 8.93. The highest BCUT2D eigenvalue weighted by molar-refractivity contribution is 5.82. The van der Waals surface area contributed by atoms with Gasteiger partial charge in [0.2, 0.25) is 0 Å². The van der Waals surface area contributed by atoms with Crippen molar-refractivity contribution < 1.29 is 19.1 Å². The molecule has 1 fully saturated rings. The van der Waals surface area contributed by atoms with Crippen molar-refractivity contribution >= 4 is 11.9 Å². The van der Waals surface area contributed by atoms with Crippen molar-refractivity contribution in [3.05, 3.63) is 29.8 Å². The van der Waals surface area contributed by atoms with Gasteiger partial charge in [0, 0.05) is 7.05 Å². The number of ether oxygens (including phenoxy) is 2. The minimum absolute atomic E-state index is 0.193. The number of carbonyl (C=O) groups excluding carboxylic acids is 2. The third-order valence-corrected chi connectivity index (χ3v) is 5.02. The lowest BCUT2D eigenvalue weighted by Gasteiger charge is -2.40. The third-order valence-electron chi connectivity index (χ3n) is 5.02. The molecule has 0 heterocycles. The van der Waals surface area contributed by atoms with Crippen LogP contribution in [0.25, 0.3) is 0 Å². The van der Waals surface area contributed by atoms with Crippen LogP contribution in [-0.2, 0) is 20.7 Å². The number of esters is 1. The van der Waals surface area contributed by atoms with E-state index in [1.165, 1.54) is 7.11 Å². The van der Waals surface area contributed by atoms with Gasteiger partial charge in [-0.15, -0.1) is 0 Å². The summed E-state index contributed by atoms with van der Waals surface area (Å²) in [5, 5.41) is 9.63. The zero-order valence-electron chi connectivity index (χ0n) is 15.7. The molecule has 1 atom stereocenters. The van der Waals surface area contributed by atoms with Gasteiger partial charge in [-0.2, -0.15) is 5.26 Å². The van der Waals surface area contributed by atoms with E-state index in [-0.39, 0.29) is 18.3 Å². The quantitative estimate of drug-likeness (QED) is 0.731. The van der Waals surface area contributed by atoms with E-state index in [0.29, 0.717) is 18.6 Å². The molecule has 140 valence electrons. The molecule has 1 aliphatic rings. The van der Waals surface area contributed by atoms with Crippen LogP contribution in [0, 0.1) is 11.3 Å². The summed E-state index contributed by atoms with van der Waals surface area (Å²) in [5.41, 5.74) is 0.0862. The van der Waals surface area contributed by atoms with Gasteiger partial charge in [0.05, 0.1) is 19.6 Å². The van der Waals surface area contributed by atoms with E-state index in [1.54, 1.807) is 43.1 Å². The predicted octanol–water partition coefficient (Wildman–Crippen LogP) is 2.85. The number of hydrogen-bond donors (Lipinski definition) is 0. The van der Waals surface area contributed by atoms with Crippen molar-refractivity contribution in [3.63, 3.8) is 0 Å². The summed E-state index contributed by atoms with van der Waals surface area (Å²) in [5.74, 6) is 0.0349. The predicted molar refractivity (Wildman–Crippen MR) is 96.5 cm³/mol. The molecule has 0 bridgehead atoms. The average molecular weight is 358 g/mol. The highest BCUT2D eigenvalue weighted by Crippen LogP contribution is 2.33. The van der Waals surface area contributed by atoms with E-state index < -0.39 is 11.6 Å². The minimum Gasteiger partial charge on any atom is -0.481 e. The normalized spacial score (nSPS) is 16.8. The molecule has 1 aromatic carbocycles. The summed E-state index contributed by atoms with van der Waals surface area (Å²) in [6.45, 7) is 1.69. The van der Waals surface area contributed by atoms with Crippen molar-refractivity contribution in [1.29, 1.82) is 5.26 Å². The molecule has 2 rings (SSSR count).